The standard InChI is InChI=1S/C6H13N.C6H8N.C5H8N2.C5H7N.C4H6N2.C3H5N3.C2H6.CH5N/c2*1-7-5-3-2-4-6-7;1-7-4-2-6-3-5-7;1-6-4-2-3-5-6;1-6-3-2-5-4-6;1-6-2-4-5-3-6;2*1-2/h2-6H2,1H3;2-6H,1H3;2-4H,5H2,1H3;2-5H,1H3;2-4H,1H3;2-3H,1H3;1-2H3;2H2,1H3/q;+1;;;;;;/p+2. The van der Waals surface area contributed by atoms with E-state index in [4.69, 9.17) is 0 Å². The highest BCUT2D eigenvalue weighted by Crippen LogP contribution is 2.04. The third-order valence-corrected chi connectivity index (χ3v) is 5.34. The van der Waals surface area contributed by atoms with E-state index in [0.29, 0.717) is 0 Å². The van der Waals surface area contributed by atoms with Crippen LogP contribution in [0.25, 0.3) is 0 Å². The van der Waals surface area contributed by atoms with Crippen LogP contribution >= 0.6 is 0 Å². The molecule has 0 aliphatic carbocycles. The number of rotatable bonds is 0. The maximum Gasteiger partial charge on any atom is 0.264 e. The lowest BCUT2D eigenvalue weighted by Crippen LogP contribution is -2.25. The van der Waals surface area contributed by atoms with E-state index in [-0.39, 0.29) is 0 Å². The number of aliphatic imine (C=N–C) groups is 1. The van der Waals surface area contributed by atoms with Crippen molar-refractivity contribution in [3.63, 3.8) is 0 Å². The average molecular weight is 599 g/mol. The Kier molecular flexibility index (Phi) is 29.5. The molecule has 4 aromatic rings. The number of aromatic amines is 2. The molecule has 11 nitrogen and oxygen atoms in total. The largest absolute Gasteiger partial charge is 0.374 e. The van der Waals surface area contributed by atoms with Gasteiger partial charge in [-0.1, -0.05) is 26.3 Å². The molecule has 6 heterocycles. The highest BCUT2D eigenvalue weighted by Gasteiger charge is 2.02. The molecule has 11 heteroatoms. The monoisotopic (exact) mass is 599 g/mol. The summed E-state index contributed by atoms with van der Waals surface area (Å²) < 4.78 is 7.78. The maximum atomic E-state index is 4.50. The smallest absolute Gasteiger partial charge is 0.264 e. The molecule has 0 bridgehead atoms. The minimum Gasteiger partial charge on any atom is -0.374 e. The number of pyridine rings is 1. The van der Waals surface area contributed by atoms with Gasteiger partial charge in [-0.3, -0.25) is 9.98 Å². The van der Waals surface area contributed by atoms with Gasteiger partial charge in [0.2, 0.25) is 12.7 Å². The van der Waals surface area contributed by atoms with E-state index >= 15 is 0 Å². The summed E-state index contributed by atoms with van der Waals surface area (Å²) in [6.07, 6.45) is 27.0. The Labute approximate surface area is 261 Å². The molecule has 0 atom stereocenters. The van der Waals surface area contributed by atoms with Gasteiger partial charge in [-0.05, 0) is 52.2 Å². The van der Waals surface area contributed by atoms with Crippen molar-refractivity contribution in [2.24, 2.45) is 38.9 Å². The summed E-state index contributed by atoms with van der Waals surface area (Å²) in [6.45, 7) is 7.58. The lowest BCUT2D eigenvalue weighted by Gasteiger charge is -2.20. The Balaban J connectivity index is 0. The predicted octanol–water partition coefficient (Wildman–Crippen LogP) is 2.79. The van der Waals surface area contributed by atoms with Crippen LogP contribution < -0.4 is 19.4 Å². The van der Waals surface area contributed by atoms with Gasteiger partial charge in [0.25, 0.3) is 6.33 Å². The van der Waals surface area contributed by atoms with Crippen molar-refractivity contribution in [3.05, 3.63) is 98.9 Å². The van der Waals surface area contributed by atoms with Crippen LogP contribution in [0.5, 0.6) is 0 Å². The molecule has 4 aromatic heterocycles. The van der Waals surface area contributed by atoms with E-state index in [2.05, 4.69) is 42.8 Å². The molecule has 4 N–H and O–H groups in total. The zero-order valence-electron chi connectivity index (χ0n) is 28.2. The molecule has 240 valence electrons. The number of likely N-dealkylation sites (tertiary alicyclic amines) is 1. The Morgan fingerprint density at radius 1 is 0.744 bits per heavy atom. The Morgan fingerprint density at radius 2 is 1.37 bits per heavy atom. The second kappa shape index (κ2) is 30.9. The van der Waals surface area contributed by atoms with Gasteiger partial charge >= 0.3 is 0 Å². The molecule has 0 spiro atoms. The zero-order valence-corrected chi connectivity index (χ0v) is 28.2. The SMILES string of the molecule is CC.CN.CN1C=CN=CC1.CN1CCCCC1.C[n+]1cc[nH]c1.C[n+]1ccccc1.C[n+]1cn[nH]c1.Cn1cccc1. The van der Waals surface area contributed by atoms with Crippen LogP contribution in [0.15, 0.2) is 104 Å². The quantitative estimate of drug-likeness (QED) is 0.271. The van der Waals surface area contributed by atoms with E-state index in [0.717, 1.165) is 6.54 Å². The number of hydrogen-bond donors (Lipinski definition) is 3. The van der Waals surface area contributed by atoms with E-state index < -0.39 is 0 Å². The second-order valence-electron chi connectivity index (χ2n) is 9.27. The molecule has 0 saturated carbocycles. The fraction of sp³-hybridized carbons (Fsp3) is 0.469. The number of imidazole rings is 1. The number of aryl methyl sites for hydroxylation is 4. The minimum absolute atomic E-state index is 0.941. The molecule has 2 aliphatic heterocycles. The van der Waals surface area contributed by atoms with Crippen molar-refractivity contribution in [1.29, 1.82) is 0 Å². The molecule has 6 rings (SSSR count). The lowest BCUT2D eigenvalue weighted by molar-refractivity contribution is -0.671. The van der Waals surface area contributed by atoms with Crippen LogP contribution in [0.4, 0.5) is 0 Å². The van der Waals surface area contributed by atoms with E-state index in [1.165, 1.54) is 39.4 Å². The second-order valence-corrected chi connectivity index (χ2v) is 9.27. The first-order valence-corrected chi connectivity index (χ1v) is 14.8. The van der Waals surface area contributed by atoms with E-state index in [1.807, 2.05) is 154 Å². The van der Waals surface area contributed by atoms with Crippen LogP contribution in [0.3, 0.4) is 0 Å². The van der Waals surface area contributed by atoms with Gasteiger partial charge in [-0.15, -0.1) is 5.10 Å². The third-order valence-electron chi connectivity index (χ3n) is 5.34. The molecule has 0 radical (unpaired) electrons. The van der Waals surface area contributed by atoms with Crippen molar-refractivity contribution in [3.8, 4) is 0 Å². The van der Waals surface area contributed by atoms with Crippen molar-refractivity contribution in [1.82, 2.24) is 29.5 Å². The van der Waals surface area contributed by atoms with Crippen LogP contribution in [0.2, 0.25) is 0 Å². The van der Waals surface area contributed by atoms with Crippen molar-refractivity contribution >= 4 is 6.21 Å². The highest BCUT2D eigenvalue weighted by molar-refractivity contribution is 5.61. The fourth-order valence-corrected chi connectivity index (χ4v) is 3.05. The Bertz CT molecular complexity index is 993. The molecule has 0 amide bonds. The molecule has 0 aromatic carbocycles. The first-order valence-electron chi connectivity index (χ1n) is 14.8. The minimum atomic E-state index is 0.941. The molecule has 2 aliphatic rings. The normalized spacial score (nSPS) is 12.5. The number of nitrogens with one attached hydrogen (secondary N) is 2. The fourth-order valence-electron chi connectivity index (χ4n) is 3.05. The van der Waals surface area contributed by atoms with Gasteiger partial charge in [-0.2, -0.15) is 0 Å². The molecule has 0 unspecified atom stereocenters. The average Bonchev–Trinajstić information content (AvgIpc) is 3.84. The van der Waals surface area contributed by atoms with Crippen LogP contribution in [0.1, 0.15) is 33.1 Å². The number of hydrogen-bond acceptors (Lipinski definition) is 5. The van der Waals surface area contributed by atoms with Crippen LogP contribution in [-0.2, 0) is 28.2 Å². The van der Waals surface area contributed by atoms with Crippen LogP contribution in [-0.4, -0.2) is 76.5 Å². The van der Waals surface area contributed by atoms with E-state index in [9.17, 15) is 0 Å². The number of piperidine rings is 1. The summed E-state index contributed by atoms with van der Waals surface area (Å²) in [6, 6.07) is 10.0. The van der Waals surface area contributed by atoms with Gasteiger partial charge in [-0.25, -0.2) is 13.7 Å². The summed E-state index contributed by atoms with van der Waals surface area (Å²) in [4.78, 5) is 11.2. The number of H-pyrrole nitrogens is 2. The Morgan fingerprint density at radius 3 is 1.58 bits per heavy atom. The third kappa shape index (κ3) is 29.2. The Hall–Kier alpha value is -4.09. The molecule has 1 fully saturated rings. The van der Waals surface area contributed by atoms with Gasteiger partial charge in [0.15, 0.2) is 12.4 Å². The molecular formula is C32H60N11+3. The van der Waals surface area contributed by atoms with Crippen molar-refractivity contribution in [2.45, 2.75) is 33.1 Å². The number of nitrogens with zero attached hydrogens (tertiary/aromatic N) is 8. The number of aromatic nitrogens is 7. The predicted molar refractivity (Wildman–Crippen MR) is 178 cm³/mol. The van der Waals surface area contributed by atoms with Gasteiger partial charge in [0, 0.05) is 62.3 Å². The van der Waals surface area contributed by atoms with Gasteiger partial charge in [0.1, 0.15) is 19.4 Å². The van der Waals surface area contributed by atoms with E-state index in [1.54, 1.807) is 18.9 Å². The van der Waals surface area contributed by atoms with Gasteiger partial charge < -0.3 is 20.1 Å². The van der Waals surface area contributed by atoms with Crippen LogP contribution in [0, 0.1) is 0 Å². The zero-order chi connectivity index (χ0) is 32.6. The summed E-state index contributed by atoms with van der Waals surface area (Å²) in [5.41, 5.74) is 4.50. The summed E-state index contributed by atoms with van der Waals surface area (Å²) in [7, 11) is 13.6. The number of nitrogens with two attached hydrogens (primary N) is 1. The summed E-state index contributed by atoms with van der Waals surface area (Å²) in [5.74, 6) is 0. The molecule has 1 saturated heterocycles. The molecular weight excluding hydrogens is 538 g/mol. The van der Waals surface area contributed by atoms with Crippen molar-refractivity contribution in [2.75, 3.05) is 40.8 Å². The topological polar surface area (TPSA) is 106 Å². The summed E-state index contributed by atoms with van der Waals surface area (Å²) in [5, 5.41) is 6.30. The highest BCUT2D eigenvalue weighted by atomic mass is 15.2. The molecule has 43 heavy (non-hydrogen) atoms. The maximum absolute atomic E-state index is 4.50. The van der Waals surface area contributed by atoms with Gasteiger partial charge in [0.05, 0.1) is 20.6 Å². The first-order chi connectivity index (χ1) is 20.9. The lowest BCUT2D eigenvalue weighted by atomic mass is 10.1. The summed E-state index contributed by atoms with van der Waals surface area (Å²) >= 11 is 0. The first kappa shape index (κ1) is 41.0. The van der Waals surface area contributed by atoms with Crippen molar-refractivity contribution < 1.29 is 13.7 Å².